The number of fused-ring (bicyclic) bond motifs is 1. The van der Waals surface area contributed by atoms with Crippen LogP contribution in [0.4, 0.5) is 4.79 Å². The lowest BCUT2D eigenvalue weighted by Crippen LogP contribution is -2.29. The third-order valence-corrected chi connectivity index (χ3v) is 9.14. The number of amides is 1. The molecule has 0 fully saturated rings. The third-order valence-electron chi connectivity index (χ3n) is 9.14. The van der Waals surface area contributed by atoms with Crippen LogP contribution in [0.15, 0.2) is 91.3 Å². The van der Waals surface area contributed by atoms with Crippen molar-refractivity contribution in [2.75, 3.05) is 0 Å². The predicted molar refractivity (Wildman–Crippen MR) is 186 cm³/mol. The zero-order valence-electron chi connectivity index (χ0n) is 27.4. The number of benzene rings is 3. The highest BCUT2D eigenvalue weighted by Gasteiger charge is 2.23. The number of pyridine rings is 1. The Morgan fingerprint density at radius 3 is 2.16 bits per heavy atom. The normalized spacial score (nSPS) is 12.8. The van der Waals surface area contributed by atoms with Gasteiger partial charge in [-0.2, -0.15) is 0 Å². The Kier molecular flexibility index (Phi) is 10.4. The van der Waals surface area contributed by atoms with E-state index in [0.717, 1.165) is 61.0 Å². The molecule has 5 nitrogen and oxygen atoms in total. The molecule has 2 aromatic heterocycles. The number of nitrogens with zero attached hydrogens (tertiary/aromatic N) is 2. The molecule has 45 heavy (non-hydrogen) atoms. The predicted octanol–water partition coefficient (Wildman–Crippen LogP) is 10.3. The Bertz CT molecular complexity index is 1700. The van der Waals surface area contributed by atoms with E-state index in [0.29, 0.717) is 11.8 Å². The number of hydrogen-bond donors (Lipinski definition) is 2. The first kappa shape index (κ1) is 32.0. The monoisotopic (exact) mass is 601 g/mol. The van der Waals surface area contributed by atoms with Crippen LogP contribution in [0.5, 0.6) is 0 Å². The molecule has 0 aliphatic heterocycles. The van der Waals surface area contributed by atoms with Gasteiger partial charge in [0.05, 0.1) is 23.4 Å². The molecule has 2 atom stereocenters. The topological polar surface area (TPSA) is 67.2 Å². The minimum absolute atomic E-state index is 0.266. The molecule has 0 aliphatic rings. The summed E-state index contributed by atoms with van der Waals surface area (Å²) in [6.07, 6.45) is 8.88. The summed E-state index contributed by atoms with van der Waals surface area (Å²) in [5.74, 6) is 0.763. The van der Waals surface area contributed by atoms with Gasteiger partial charge in [0.1, 0.15) is 0 Å². The standard InChI is InChI=1S/C40H47N3O2/c1-6-13-28(23-36(42-40(44)45)32-14-10-9-11-15-32)22-33-26-43(34-20-18-31(19-21-34)27(4)5)38-25-41-37(24-35(33)38)39-29(7-2)16-12-17-30(39)8-3/h9-12,14-21,24-28,36,42H,6-8,13,22-23H2,1-5H3,(H,44,45). The zero-order chi connectivity index (χ0) is 31.9. The van der Waals surface area contributed by atoms with E-state index in [-0.39, 0.29) is 6.04 Å². The van der Waals surface area contributed by atoms with Crippen LogP contribution in [0.3, 0.4) is 0 Å². The van der Waals surface area contributed by atoms with E-state index >= 15 is 0 Å². The molecule has 0 bridgehead atoms. The second-order valence-electron chi connectivity index (χ2n) is 12.5. The van der Waals surface area contributed by atoms with Crippen LogP contribution >= 0.6 is 0 Å². The fourth-order valence-electron chi connectivity index (χ4n) is 6.77. The molecule has 234 valence electrons. The van der Waals surface area contributed by atoms with E-state index in [1.807, 2.05) is 36.5 Å². The van der Waals surface area contributed by atoms with Crippen LogP contribution < -0.4 is 5.32 Å². The summed E-state index contributed by atoms with van der Waals surface area (Å²) >= 11 is 0. The van der Waals surface area contributed by atoms with Crippen LogP contribution in [-0.2, 0) is 19.3 Å². The number of aryl methyl sites for hydroxylation is 2. The lowest BCUT2D eigenvalue weighted by atomic mass is 9.86. The lowest BCUT2D eigenvalue weighted by Gasteiger charge is -2.24. The van der Waals surface area contributed by atoms with Gasteiger partial charge in [0.15, 0.2) is 0 Å². The molecule has 2 heterocycles. The van der Waals surface area contributed by atoms with Crippen molar-refractivity contribution in [3.05, 3.63) is 119 Å². The number of nitrogens with one attached hydrogen (secondary N) is 1. The quantitative estimate of drug-likeness (QED) is 0.141. The summed E-state index contributed by atoms with van der Waals surface area (Å²) in [5, 5.41) is 13.7. The maximum atomic E-state index is 11.8. The van der Waals surface area contributed by atoms with Gasteiger partial charge in [-0.3, -0.25) is 4.98 Å². The summed E-state index contributed by atoms with van der Waals surface area (Å²) < 4.78 is 2.28. The molecule has 0 aliphatic carbocycles. The molecule has 5 aromatic rings. The molecule has 3 aromatic carbocycles. The summed E-state index contributed by atoms with van der Waals surface area (Å²) in [4.78, 5) is 16.9. The van der Waals surface area contributed by atoms with Gasteiger partial charge in [-0.1, -0.05) is 108 Å². The first-order valence-corrected chi connectivity index (χ1v) is 16.6. The van der Waals surface area contributed by atoms with Crippen molar-refractivity contribution in [2.45, 2.75) is 85.1 Å². The van der Waals surface area contributed by atoms with Gasteiger partial charge in [-0.05, 0) is 83.5 Å². The van der Waals surface area contributed by atoms with Gasteiger partial charge in [0.25, 0.3) is 0 Å². The Balaban J connectivity index is 1.61. The molecule has 2 N–H and O–H groups in total. The number of rotatable bonds is 13. The van der Waals surface area contributed by atoms with Crippen LogP contribution in [0.25, 0.3) is 27.8 Å². The highest BCUT2D eigenvalue weighted by Crippen LogP contribution is 2.35. The maximum Gasteiger partial charge on any atom is 0.405 e. The van der Waals surface area contributed by atoms with Crippen molar-refractivity contribution in [1.82, 2.24) is 14.9 Å². The maximum absolute atomic E-state index is 11.8. The SMILES string of the molecule is CCCC(Cc1cn(-c2ccc(C(C)C)cc2)c2cnc(-c3c(CC)cccc3CC)cc12)CC(NC(=O)O)c1ccccc1. The van der Waals surface area contributed by atoms with Crippen molar-refractivity contribution in [1.29, 1.82) is 0 Å². The Morgan fingerprint density at radius 2 is 1.56 bits per heavy atom. The molecular weight excluding hydrogens is 554 g/mol. The Morgan fingerprint density at radius 1 is 0.867 bits per heavy atom. The average Bonchev–Trinajstić information content (AvgIpc) is 3.41. The molecule has 2 unspecified atom stereocenters. The van der Waals surface area contributed by atoms with Gasteiger partial charge >= 0.3 is 6.09 Å². The fourth-order valence-corrected chi connectivity index (χ4v) is 6.77. The highest BCUT2D eigenvalue weighted by atomic mass is 16.4. The highest BCUT2D eigenvalue weighted by molar-refractivity contribution is 5.89. The number of carboxylic acid groups (broad SMARTS) is 1. The van der Waals surface area contributed by atoms with E-state index < -0.39 is 6.09 Å². The first-order chi connectivity index (χ1) is 21.8. The minimum atomic E-state index is -0.988. The van der Waals surface area contributed by atoms with E-state index in [9.17, 15) is 9.90 Å². The molecule has 1 amide bonds. The van der Waals surface area contributed by atoms with E-state index in [1.165, 1.54) is 33.2 Å². The van der Waals surface area contributed by atoms with Crippen molar-refractivity contribution in [3.8, 4) is 16.9 Å². The fraction of sp³-hybridized carbons (Fsp3) is 0.350. The molecule has 5 heteroatoms. The second kappa shape index (κ2) is 14.6. The molecule has 5 rings (SSSR count). The number of carbonyl (C=O) groups is 1. The largest absolute Gasteiger partial charge is 0.465 e. The minimum Gasteiger partial charge on any atom is -0.465 e. The molecule has 0 saturated carbocycles. The van der Waals surface area contributed by atoms with Gasteiger partial charge in [0.2, 0.25) is 0 Å². The van der Waals surface area contributed by atoms with Gasteiger partial charge < -0.3 is 15.0 Å². The van der Waals surface area contributed by atoms with Gasteiger partial charge in [-0.15, -0.1) is 0 Å². The third kappa shape index (κ3) is 7.30. The van der Waals surface area contributed by atoms with E-state index in [2.05, 4.69) is 99.2 Å². The smallest absolute Gasteiger partial charge is 0.405 e. The zero-order valence-corrected chi connectivity index (χ0v) is 27.4. The van der Waals surface area contributed by atoms with Crippen LogP contribution in [-0.4, -0.2) is 20.8 Å². The molecule has 0 radical (unpaired) electrons. The average molecular weight is 602 g/mol. The van der Waals surface area contributed by atoms with Crippen molar-refractivity contribution >= 4 is 17.0 Å². The Hall–Kier alpha value is -4.38. The number of aromatic nitrogens is 2. The summed E-state index contributed by atoms with van der Waals surface area (Å²) in [6.45, 7) is 11.1. The Labute approximate surface area is 268 Å². The van der Waals surface area contributed by atoms with Crippen LogP contribution in [0.2, 0.25) is 0 Å². The van der Waals surface area contributed by atoms with Gasteiger partial charge in [-0.25, -0.2) is 4.79 Å². The van der Waals surface area contributed by atoms with Crippen molar-refractivity contribution < 1.29 is 9.90 Å². The lowest BCUT2D eigenvalue weighted by molar-refractivity contribution is 0.187. The van der Waals surface area contributed by atoms with Crippen LogP contribution in [0.1, 0.15) is 93.7 Å². The van der Waals surface area contributed by atoms with E-state index in [4.69, 9.17) is 4.98 Å². The first-order valence-electron chi connectivity index (χ1n) is 16.6. The summed E-state index contributed by atoms with van der Waals surface area (Å²) in [5.41, 5.74) is 10.7. The molecule has 0 saturated heterocycles. The summed E-state index contributed by atoms with van der Waals surface area (Å²) in [6, 6.07) is 27.5. The molecule has 0 spiro atoms. The second-order valence-corrected chi connectivity index (χ2v) is 12.5. The summed E-state index contributed by atoms with van der Waals surface area (Å²) in [7, 11) is 0. The number of hydrogen-bond acceptors (Lipinski definition) is 2. The van der Waals surface area contributed by atoms with Crippen molar-refractivity contribution in [3.63, 3.8) is 0 Å². The van der Waals surface area contributed by atoms with Gasteiger partial charge in [0, 0.05) is 22.8 Å². The van der Waals surface area contributed by atoms with E-state index in [1.54, 1.807) is 0 Å². The van der Waals surface area contributed by atoms with Crippen molar-refractivity contribution in [2.24, 2.45) is 5.92 Å². The van der Waals surface area contributed by atoms with Crippen LogP contribution in [0, 0.1) is 5.92 Å². The molecular formula is C40H47N3O2.